The number of nitrogens with zero attached hydrogens (tertiary/aromatic N) is 3. The molecule has 5 rings (SSSR count). The molecular weight excluding hydrogens is 376 g/mol. The monoisotopic (exact) mass is 396 g/mol. The van der Waals surface area contributed by atoms with Crippen molar-refractivity contribution in [3.63, 3.8) is 0 Å². The van der Waals surface area contributed by atoms with Crippen LogP contribution in [0, 0.1) is 0 Å². The number of rotatable bonds is 3. The average Bonchev–Trinajstić information content (AvgIpc) is 3.16. The minimum absolute atomic E-state index is 0.661. The van der Waals surface area contributed by atoms with Gasteiger partial charge < -0.3 is 9.72 Å². The van der Waals surface area contributed by atoms with Gasteiger partial charge in [-0.2, -0.15) is 0 Å². The minimum atomic E-state index is 0.661. The Kier molecular flexibility index (Phi) is 3.88. The number of likely N-dealkylation sites (tertiary alicyclic amines) is 1. The fourth-order valence-corrected chi connectivity index (χ4v) is 4.53. The van der Waals surface area contributed by atoms with Crippen molar-refractivity contribution >= 4 is 21.6 Å². The van der Waals surface area contributed by atoms with Gasteiger partial charge in [0.05, 0.1) is 11.4 Å². The van der Waals surface area contributed by atoms with Crippen LogP contribution in [0.1, 0.15) is 18.5 Å². The second-order valence-electron chi connectivity index (χ2n) is 7.17. The van der Waals surface area contributed by atoms with Crippen molar-refractivity contribution in [1.29, 1.82) is 0 Å². The highest BCUT2D eigenvalue weighted by Gasteiger charge is 2.32. The minimum Gasteiger partial charge on any atom is -0.309 e. The SMILES string of the molecule is Brc1ccc(-c2nc3ccccn3c2CN2CC3CCC(C2)N3)cc1. The van der Waals surface area contributed by atoms with Crippen LogP contribution in [0.4, 0.5) is 0 Å². The van der Waals surface area contributed by atoms with Gasteiger partial charge >= 0.3 is 0 Å². The number of nitrogens with one attached hydrogen (secondary N) is 1. The molecule has 4 heterocycles. The van der Waals surface area contributed by atoms with Crippen LogP contribution in [-0.4, -0.2) is 39.5 Å². The lowest BCUT2D eigenvalue weighted by molar-refractivity contribution is 0.187. The van der Waals surface area contributed by atoms with Gasteiger partial charge in [0, 0.05) is 48.0 Å². The molecule has 2 aliphatic heterocycles. The van der Waals surface area contributed by atoms with Crippen LogP contribution in [0.15, 0.2) is 53.1 Å². The Balaban J connectivity index is 1.55. The van der Waals surface area contributed by atoms with E-state index < -0.39 is 0 Å². The van der Waals surface area contributed by atoms with Gasteiger partial charge in [-0.25, -0.2) is 4.98 Å². The van der Waals surface area contributed by atoms with Gasteiger partial charge in [-0.15, -0.1) is 0 Å². The Hall–Kier alpha value is -1.69. The maximum atomic E-state index is 4.94. The highest BCUT2D eigenvalue weighted by molar-refractivity contribution is 9.10. The zero-order valence-electron chi connectivity index (χ0n) is 14.0. The fourth-order valence-electron chi connectivity index (χ4n) is 4.27. The lowest BCUT2D eigenvalue weighted by atomic mass is 10.1. The zero-order chi connectivity index (χ0) is 16.8. The number of aromatic nitrogens is 2. The number of imidazole rings is 1. The Bertz CT molecular complexity index is 890. The summed E-state index contributed by atoms with van der Waals surface area (Å²) in [6, 6.07) is 16.0. The summed E-state index contributed by atoms with van der Waals surface area (Å²) in [6.07, 6.45) is 4.76. The van der Waals surface area contributed by atoms with Gasteiger partial charge in [-0.3, -0.25) is 4.90 Å². The Morgan fingerprint density at radius 3 is 2.56 bits per heavy atom. The predicted molar refractivity (Wildman–Crippen MR) is 104 cm³/mol. The van der Waals surface area contributed by atoms with E-state index in [9.17, 15) is 0 Å². The van der Waals surface area contributed by atoms with E-state index in [-0.39, 0.29) is 0 Å². The maximum absolute atomic E-state index is 4.94. The van der Waals surface area contributed by atoms with E-state index in [4.69, 9.17) is 4.98 Å². The Morgan fingerprint density at radius 1 is 1.04 bits per heavy atom. The second-order valence-corrected chi connectivity index (χ2v) is 8.09. The van der Waals surface area contributed by atoms with Gasteiger partial charge in [-0.1, -0.05) is 34.1 Å². The normalized spacial score (nSPS) is 23.4. The van der Waals surface area contributed by atoms with Crippen molar-refractivity contribution in [1.82, 2.24) is 19.6 Å². The third-order valence-electron chi connectivity index (χ3n) is 5.41. The van der Waals surface area contributed by atoms with Crippen molar-refractivity contribution in [3.8, 4) is 11.3 Å². The lowest BCUT2D eigenvalue weighted by Gasteiger charge is -2.32. The molecule has 128 valence electrons. The summed E-state index contributed by atoms with van der Waals surface area (Å²) in [6.45, 7) is 3.22. The molecule has 0 radical (unpaired) electrons. The molecule has 2 saturated heterocycles. The summed E-state index contributed by atoms with van der Waals surface area (Å²) >= 11 is 3.53. The van der Waals surface area contributed by atoms with Gasteiger partial charge in [0.2, 0.25) is 0 Å². The number of halogens is 1. The molecule has 2 bridgehead atoms. The smallest absolute Gasteiger partial charge is 0.137 e. The fraction of sp³-hybridized carbons (Fsp3) is 0.350. The van der Waals surface area contributed by atoms with Crippen molar-refractivity contribution in [2.45, 2.75) is 31.5 Å². The first-order chi connectivity index (χ1) is 12.3. The Morgan fingerprint density at radius 2 is 1.80 bits per heavy atom. The molecule has 3 aromatic rings. The van der Waals surface area contributed by atoms with Crippen molar-refractivity contribution in [2.24, 2.45) is 0 Å². The molecule has 0 aliphatic carbocycles. The van der Waals surface area contributed by atoms with Gasteiger partial charge in [0.1, 0.15) is 5.65 Å². The predicted octanol–water partition coefficient (Wildman–Crippen LogP) is 3.70. The van der Waals surface area contributed by atoms with E-state index in [1.54, 1.807) is 0 Å². The summed E-state index contributed by atoms with van der Waals surface area (Å²) in [4.78, 5) is 7.53. The molecule has 25 heavy (non-hydrogen) atoms. The van der Waals surface area contributed by atoms with Crippen LogP contribution in [0.2, 0.25) is 0 Å². The molecule has 1 aromatic carbocycles. The molecule has 2 aliphatic rings. The van der Waals surface area contributed by atoms with Gasteiger partial charge in [-0.05, 0) is 37.1 Å². The third-order valence-corrected chi connectivity index (χ3v) is 5.94. The molecule has 5 heteroatoms. The molecule has 2 aromatic heterocycles. The van der Waals surface area contributed by atoms with E-state index >= 15 is 0 Å². The first-order valence-electron chi connectivity index (χ1n) is 8.96. The topological polar surface area (TPSA) is 32.6 Å². The van der Waals surface area contributed by atoms with E-state index in [1.165, 1.54) is 24.1 Å². The van der Waals surface area contributed by atoms with Crippen molar-refractivity contribution in [3.05, 3.63) is 58.8 Å². The number of pyridine rings is 1. The van der Waals surface area contributed by atoms with E-state index in [2.05, 4.69) is 79.2 Å². The largest absolute Gasteiger partial charge is 0.309 e. The molecule has 2 atom stereocenters. The summed E-state index contributed by atoms with van der Waals surface area (Å²) in [5.41, 5.74) is 4.59. The van der Waals surface area contributed by atoms with E-state index in [0.29, 0.717) is 12.1 Å². The maximum Gasteiger partial charge on any atom is 0.137 e. The van der Waals surface area contributed by atoms with Crippen molar-refractivity contribution in [2.75, 3.05) is 13.1 Å². The van der Waals surface area contributed by atoms with Crippen LogP contribution in [0.5, 0.6) is 0 Å². The Labute approximate surface area is 156 Å². The zero-order valence-corrected chi connectivity index (χ0v) is 15.6. The molecular formula is C20H21BrN4. The number of benzene rings is 1. The van der Waals surface area contributed by atoms with Crippen LogP contribution in [0.3, 0.4) is 0 Å². The summed E-state index contributed by atoms with van der Waals surface area (Å²) < 4.78 is 3.35. The summed E-state index contributed by atoms with van der Waals surface area (Å²) in [5, 5.41) is 3.72. The highest BCUT2D eigenvalue weighted by Crippen LogP contribution is 2.28. The summed E-state index contributed by atoms with van der Waals surface area (Å²) in [7, 11) is 0. The molecule has 2 unspecified atom stereocenters. The highest BCUT2D eigenvalue weighted by atomic mass is 79.9. The molecule has 4 nitrogen and oxygen atoms in total. The average molecular weight is 397 g/mol. The van der Waals surface area contributed by atoms with Crippen LogP contribution < -0.4 is 5.32 Å². The summed E-state index contributed by atoms with van der Waals surface area (Å²) in [5.74, 6) is 0. The second kappa shape index (κ2) is 6.24. The van der Waals surface area contributed by atoms with E-state index in [1.807, 2.05) is 0 Å². The van der Waals surface area contributed by atoms with Crippen LogP contribution in [-0.2, 0) is 6.54 Å². The molecule has 0 saturated carbocycles. The molecule has 0 amide bonds. The number of hydrogen-bond acceptors (Lipinski definition) is 3. The third kappa shape index (κ3) is 2.90. The number of hydrogen-bond donors (Lipinski definition) is 1. The first kappa shape index (κ1) is 15.6. The van der Waals surface area contributed by atoms with Gasteiger partial charge in [0.15, 0.2) is 0 Å². The van der Waals surface area contributed by atoms with Crippen LogP contribution in [0.25, 0.3) is 16.9 Å². The molecule has 0 spiro atoms. The van der Waals surface area contributed by atoms with Crippen LogP contribution >= 0.6 is 15.9 Å². The quantitative estimate of drug-likeness (QED) is 0.732. The standard InChI is InChI=1S/C20H21BrN4/c21-15-6-4-14(5-7-15)20-18(25-10-2-1-3-19(25)23-20)13-24-11-16-8-9-17(12-24)22-16/h1-7,10,16-17,22H,8-9,11-13H2. The number of piperazine rings is 1. The first-order valence-corrected chi connectivity index (χ1v) is 9.76. The van der Waals surface area contributed by atoms with E-state index in [0.717, 1.165) is 35.4 Å². The molecule has 2 fully saturated rings. The van der Waals surface area contributed by atoms with Gasteiger partial charge in [0.25, 0.3) is 0 Å². The van der Waals surface area contributed by atoms with Crippen molar-refractivity contribution < 1.29 is 0 Å². The lowest BCUT2D eigenvalue weighted by Crippen LogP contribution is -2.50. The molecule has 1 N–H and O–H groups in total. The number of fused-ring (bicyclic) bond motifs is 3.